The van der Waals surface area contributed by atoms with Crippen LogP contribution in [-0.2, 0) is 24.7 Å². The van der Waals surface area contributed by atoms with Gasteiger partial charge in [-0.05, 0) is 95.1 Å². The number of para-hydroxylation sites is 2. The van der Waals surface area contributed by atoms with E-state index in [1.807, 2.05) is 6.07 Å². The molecule has 0 N–H and O–H groups in total. The van der Waals surface area contributed by atoms with E-state index in [4.69, 9.17) is 0 Å². The van der Waals surface area contributed by atoms with Crippen molar-refractivity contribution in [3.63, 3.8) is 0 Å². The second kappa shape index (κ2) is 15.5. The van der Waals surface area contributed by atoms with Crippen molar-refractivity contribution in [1.29, 1.82) is 5.26 Å². The highest BCUT2D eigenvalue weighted by Gasteiger charge is 2.40. The molecule has 0 aliphatic heterocycles. The highest BCUT2D eigenvalue weighted by molar-refractivity contribution is 6.12. The van der Waals surface area contributed by atoms with Crippen LogP contribution in [0.4, 0.5) is 52.7 Å². The number of nitriles is 1. The number of alkyl halides is 12. The van der Waals surface area contributed by atoms with Crippen LogP contribution >= 0.6 is 0 Å². The fraction of sp³-hybridized carbons (Fsp3) is 0.0755. The zero-order valence-electron chi connectivity index (χ0n) is 34.5. The van der Waals surface area contributed by atoms with Gasteiger partial charge in [0, 0.05) is 38.4 Å². The van der Waals surface area contributed by atoms with E-state index in [0.29, 0.717) is 78.2 Å². The van der Waals surface area contributed by atoms with E-state index in [1.165, 1.54) is 24.3 Å². The van der Waals surface area contributed by atoms with Crippen LogP contribution in [0.15, 0.2) is 164 Å². The summed E-state index contributed by atoms with van der Waals surface area (Å²) in [6, 6.07) is 40.2. The molecule has 2 heterocycles. The van der Waals surface area contributed by atoms with E-state index in [0.717, 1.165) is 12.1 Å². The van der Waals surface area contributed by atoms with Crippen molar-refractivity contribution in [3.05, 3.63) is 192 Å². The first-order valence-electron chi connectivity index (χ1n) is 20.5. The number of rotatable bonds is 5. The van der Waals surface area contributed by atoms with E-state index in [-0.39, 0.29) is 28.8 Å². The summed E-state index contributed by atoms with van der Waals surface area (Å²) in [5.74, 6) is 0. The summed E-state index contributed by atoms with van der Waals surface area (Å²) >= 11 is 0. The Morgan fingerprint density at radius 3 is 1.31 bits per heavy atom. The largest absolute Gasteiger partial charge is 0.417 e. The van der Waals surface area contributed by atoms with E-state index in [2.05, 4.69) is 6.07 Å². The van der Waals surface area contributed by atoms with Crippen molar-refractivity contribution in [2.45, 2.75) is 24.7 Å². The molecule has 2 aromatic heterocycles. The Labute approximate surface area is 376 Å². The minimum absolute atomic E-state index is 0.0166. The molecular weight excluding hydrogens is 907 g/mol. The molecule has 0 saturated carbocycles. The third-order valence-electron chi connectivity index (χ3n) is 12.1. The Bertz CT molecular complexity index is 3710. The van der Waals surface area contributed by atoms with Crippen LogP contribution in [0.3, 0.4) is 0 Å². The molecule has 0 fully saturated rings. The third-order valence-corrected chi connectivity index (χ3v) is 12.1. The summed E-state index contributed by atoms with van der Waals surface area (Å²) < 4.78 is 173. The molecule has 3 nitrogen and oxygen atoms in total. The maximum Gasteiger partial charge on any atom is 0.417 e. The van der Waals surface area contributed by atoms with E-state index >= 15 is 0 Å². The normalized spacial score (nSPS) is 12.7. The number of halogens is 12. The van der Waals surface area contributed by atoms with Crippen LogP contribution in [0, 0.1) is 11.3 Å². The zero-order valence-corrected chi connectivity index (χ0v) is 34.5. The van der Waals surface area contributed by atoms with Crippen molar-refractivity contribution < 1.29 is 52.7 Å². The first-order chi connectivity index (χ1) is 32.2. The van der Waals surface area contributed by atoms with Gasteiger partial charge in [-0.15, -0.1) is 0 Å². The zero-order chi connectivity index (χ0) is 48.1. The third kappa shape index (κ3) is 7.36. The van der Waals surface area contributed by atoms with Crippen molar-refractivity contribution in [2.75, 3.05) is 0 Å². The summed E-state index contributed by atoms with van der Waals surface area (Å²) in [7, 11) is 0. The maximum atomic E-state index is 14.5. The van der Waals surface area contributed by atoms with Gasteiger partial charge >= 0.3 is 24.7 Å². The Morgan fingerprint density at radius 2 is 0.809 bits per heavy atom. The lowest BCUT2D eigenvalue weighted by molar-refractivity contribution is -0.144. The van der Waals surface area contributed by atoms with Crippen molar-refractivity contribution in [3.8, 4) is 50.8 Å². The summed E-state index contributed by atoms with van der Waals surface area (Å²) in [5, 5.41) is 13.0. The number of fused-ring (bicyclic) bond motifs is 6. The van der Waals surface area contributed by atoms with E-state index < -0.39 is 58.1 Å². The molecule has 0 amide bonds. The van der Waals surface area contributed by atoms with Gasteiger partial charge in [0.2, 0.25) is 0 Å². The monoisotopic (exact) mass is 933 g/mol. The predicted octanol–water partition coefficient (Wildman–Crippen LogP) is 16.8. The van der Waals surface area contributed by atoms with Gasteiger partial charge in [0.25, 0.3) is 0 Å². The Hall–Kier alpha value is -7.99. The first kappa shape index (κ1) is 43.9. The number of nitrogens with zero attached hydrogens (tertiary/aromatic N) is 3. The number of hydrogen-bond acceptors (Lipinski definition) is 1. The summed E-state index contributed by atoms with van der Waals surface area (Å²) in [6.07, 6.45) is -20.4. The molecule has 15 heteroatoms. The van der Waals surface area contributed by atoms with Gasteiger partial charge in [-0.1, -0.05) is 91.0 Å². The van der Waals surface area contributed by atoms with Crippen molar-refractivity contribution in [1.82, 2.24) is 9.13 Å². The number of hydrogen-bond donors (Lipinski definition) is 0. The Kier molecular flexibility index (Phi) is 10.0. The lowest BCUT2D eigenvalue weighted by Crippen LogP contribution is -2.12. The van der Waals surface area contributed by atoms with Crippen molar-refractivity contribution in [2.24, 2.45) is 0 Å². The molecule has 0 spiro atoms. The summed E-state index contributed by atoms with van der Waals surface area (Å²) in [5.41, 5.74) is -2.95. The standard InChI is InChI=1S/C53H27F12N3/c54-50(55,56)32-15-20-36(43(25-32)52(60,61)62)29-13-18-40-38-9-3-5-11-45(38)67(48(40)23-29)34-17-22-47(42(27-34)35-8-2-1-7-31(35)28-66)68-46-12-6-4-10-39(46)41-19-14-30(24-49(41)68)37-21-16-33(51(57,58)59)26-44(37)53(63,64)65/h1-27H. The molecule has 0 aliphatic rings. The van der Waals surface area contributed by atoms with Crippen LogP contribution in [0.25, 0.3) is 88.4 Å². The molecule has 0 atom stereocenters. The molecule has 0 radical (unpaired) electrons. The van der Waals surface area contributed by atoms with Gasteiger partial charge in [-0.2, -0.15) is 57.9 Å². The fourth-order valence-electron chi connectivity index (χ4n) is 9.12. The lowest BCUT2D eigenvalue weighted by atomic mass is 9.95. The van der Waals surface area contributed by atoms with Gasteiger partial charge < -0.3 is 9.13 Å². The second-order valence-corrected chi connectivity index (χ2v) is 16.0. The highest BCUT2D eigenvalue weighted by atomic mass is 19.4. The molecular formula is C53H27F12N3. The van der Waals surface area contributed by atoms with Gasteiger partial charge in [-0.25, -0.2) is 0 Å². The van der Waals surface area contributed by atoms with Crippen LogP contribution in [0.2, 0.25) is 0 Å². The van der Waals surface area contributed by atoms with Crippen LogP contribution in [0.5, 0.6) is 0 Å². The SMILES string of the molecule is N#Cc1ccccc1-c1cc(-n2c3ccccc3c3ccc(-c4ccc(C(F)(F)F)cc4C(F)(F)F)cc32)ccc1-n1c2ccccc2c2ccc(-c3ccc(C(F)(F)F)cc3C(F)(F)F)cc21. The van der Waals surface area contributed by atoms with Gasteiger partial charge in [0.1, 0.15) is 0 Å². The predicted molar refractivity (Wildman–Crippen MR) is 236 cm³/mol. The smallest absolute Gasteiger partial charge is 0.309 e. The second-order valence-electron chi connectivity index (χ2n) is 16.0. The van der Waals surface area contributed by atoms with Crippen LogP contribution in [-0.4, -0.2) is 9.13 Å². The minimum atomic E-state index is -5.16. The molecule has 0 bridgehead atoms. The minimum Gasteiger partial charge on any atom is -0.309 e. The molecule has 0 aliphatic carbocycles. The molecule has 338 valence electrons. The van der Waals surface area contributed by atoms with E-state index in [9.17, 15) is 57.9 Å². The average Bonchev–Trinajstić information content (AvgIpc) is 3.82. The summed E-state index contributed by atoms with van der Waals surface area (Å²) in [6.45, 7) is 0. The molecule has 10 rings (SSSR count). The van der Waals surface area contributed by atoms with Gasteiger partial charge in [-0.3, -0.25) is 0 Å². The Balaban J connectivity index is 1.24. The molecule has 68 heavy (non-hydrogen) atoms. The molecule has 8 aromatic carbocycles. The lowest BCUT2D eigenvalue weighted by Gasteiger charge is -2.19. The first-order valence-corrected chi connectivity index (χ1v) is 20.5. The van der Waals surface area contributed by atoms with Crippen LogP contribution in [0.1, 0.15) is 27.8 Å². The fourth-order valence-corrected chi connectivity index (χ4v) is 9.12. The average molecular weight is 934 g/mol. The molecule has 10 aromatic rings. The van der Waals surface area contributed by atoms with E-state index in [1.54, 1.807) is 106 Å². The number of benzene rings is 8. The van der Waals surface area contributed by atoms with Crippen LogP contribution < -0.4 is 0 Å². The topological polar surface area (TPSA) is 33.6 Å². The summed E-state index contributed by atoms with van der Waals surface area (Å²) in [4.78, 5) is 0. The van der Waals surface area contributed by atoms with Crippen molar-refractivity contribution >= 4 is 43.6 Å². The highest BCUT2D eigenvalue weighted by Crippen LogP contribution is 2.46. The molecule has 0 unspecified atom stereocenters. The van der Waals surface area contributed by atoms with Gasteiger partial charge in [0.05, 0.1) is 61.6 Å². The Morgan fingerprint density at radius 1 is 0.353 bits per heavy atom. The van der Waals surface area contributed by atoms with Gasteiger partial charge in [0.15, 0.2) is 0 Å². The number of aromatic nitrogens is 2. The molecule has 0 saturated heterocycles. The quantitative estimate of drug-likeness (QED) is 0.158. The maximum absolute atomic E-state index is 14.5.